The van der Waals surface area contributed by atoms with E-state index in [1.165, 1.54) is 62.0 Å². The van der Waals surface area contributed by atoms with Crippen LogP contribution < -0.4 is 0 Å². The van der Waals surface area contributed by atoms with E-state index < -0.39 is 0 Å². The minimum Gasteiger partial charge on any atom is -0.299 e. The van der Waals surface area contributed by atoms with Crippen LogP contribution in [0.1, 0.15) is 53.9 Å². The van der Waals surface area contributed by atoms with Gasteiger partial charge in [0.2, 0.25) is 0 Å². The summed E-state index contributed by atoms with van der Waals surface area (Å²) >= 11 is 0. The van der Waals surface area contributed by atoms with Gasteiger partial charge in [-0.05, 0) is 72.9 Å². The monoisotopic (exact) mass is 346 g/mol. The van der Waals surface area contributed by atoms with E-state index in [1.54, 1.807) is 5.56 Å². The fraction of sp³-hybridized carbons (Fsp3) is 0.500. The molecule has 5 rings (SSSR count). The Morgan fingerprint density at radius 3 is 2.08 bits per heavy atom. The van der Waals surface area contributed by atoms with Gasteiger partial charge in [-0.25, -0.2) is 0 Å². The normalized spacial score (nSPS) is 26.0. The molecule has 0 amide bonds. The Labute approximate surface area is 157 Å². The molecule has 26 heavy (non-hydrogen) atoms. The van der Waals surface area contributed by atoms with Gasteiger partial charge in [-0.3, -0.25) is 9.80 Å². The van der Waals surface area contributed by atoms with Crippen LogP contribution in [0.2, 0.25) is 0 Å². The smallest absolute Gasteiger partial charge is 0.0240 e. The van der Waals surface area contributed by atoms with E-state index in [-0.39, 0.29) is 0 Å². The van der Waals surface area contributed by atoms with Gasteiger partial charge in [0.25, 0.3) is 0 Å². The van der Waals surface area contributed by atoms with Gasteiger partial charge in [-0.2, -0.15) is 0 Å². The summed E-state index contributed by atoms with van der Waals surface area (Å²) in [5.74, 6) is 1.68. The fourth-order valence-corrected chi connectivity index (χ4v) is 5.15. The lowest BCUT2D eigenvalue weighted by molar-refractivity contribution is 0.159. The van der Waals surface area contributed by atoms with E-state index in [1.807, 2.05) is 0 Å². The predicted molar refractivity (Wildman–Crippen MR) is 107 cm³/mol. The van der Waals surface area contributed by atoms with Crippen molar-refractivity contribution in [1.82, 2.24) is 9.80 Å². The van der Waals surface area contributed by atoms with Gasteiger partial charge in [-0.15, -0.1) is 0 Å². The van der Waals surface area contributed by atoms with Gasteiger partial charge in [0.05, 0.1) is 0 Å². The molecule has 2 heterocycles. The first kappa shape index (κ1) is 16.5. The summed E-state index contributed by atoms with van der Waals surface area (Å²) in [5.41, 5.74) is 6.13. The molecule has 0 unspecified atom stereocenters. The van der Waals surface area contributed by atoms with Crippen molar-refractivity contribution in [1.29, 1.82) is 0 Å². The maximum absolute atomic E-state index is 2.64. The number of rotatable bonds is 5. The van der Waals surface area contributed by atoms with Crippen LogP contribution in [-0.4, -0.2) is 29.4 Å². The zero-order valence-electron chi connectivity index (χ0n) is 15.7. The van der Waals surface area contributed by atoms with Crippen molar-refractivity contribution in [3.8, 4) is 0 Å². The number of nitrogens with zero attached hydrogens (tertiary/aromatic N) is 2. The highest BCUT2D eigenvalue weighted by Gasteiger charge is 2.32. The third kappa shape index (κ3) is 3.45. The van der Waals surface area contributed by atoms with Crippen LogP contribution in [0.4, 0.5) is 0 Å². The number of hydrogen-bond donors (Lipinski definition) is 0. The van der Waals surface area contributed by atoms with Crippen LogP contribution in [-0.2, 0) is 19.6 Å². The molecule has 2 heteroatoms. The van der Waals surface area contributed by atoms with E-state index >= 15 is 0 Å². The highest BCUT2D eigenvalue weighted by Crippen LogP contribution is 2.42. The Kier molecular flexibility index (Phi) is 4.56. The summed E-state index contributed by atoms with van der Waals surface area (Å²) < 4.78 is 0. The van der Waals surface area contributed by atoms with Crippen LogP contribution in [0.15, 0.2) is 48.5 Å². The predicted octanol–water partition coefficient (Wildman–Crippen LogP) is 4.79. The van der Waals surface area contributed by atoms with Crippen molar-refractivity contribution >= 4 is 0 Å². The zero-order chi connectivity index (χ0) is 17.3. The second-order valence-corrected chi connectivity index (χ2v) is 8.70. The van der Waals surface area contributed by atoms with Crippen molar-refractivity contribution < 1.29 is 0 Å². The van der Waals surface area contributed by atoms with E-state index in [9.17, 15) is 0 Å². The average Bonchev–Trinajstić information content (AvgIpc) is 3.27. The molecule has 2 nitrogen and oxygen atoms in total. The molecule has 0 bridgehead atoms. The molecular weight excluding hydrogens is 316 g/mol. The van der Waals surface area contributed by atoms with Gasteiger partial charge in [0.15, 0.2) is 0 Å². The minimum absolute atomic E-state index is 0.797. The first-order valence-corrected chi connectivity index (χ1v) is 10.4. The van der Waals surface area contributed by atoms with Gasteiger partial charge in [0.1, 0.15) is 0 Å². The summed E-state index contributed by atoms with van der Waals surface area (Å²) in [5, 5.41) is 0. The van der Waals surface area contributed by atoms with Crippen LogP contribution in [0.3, 0.4) is 0 Å². The largest absolute Gasteiger partial charge is 0.299 e. The van der Waals surface area contributed by atoms with E-state index in [0.717, 1.165) is 31.5 Å². The number of hydrogen-bond acceptors (Lipinski definition) is 2. The Morgan fingerprint density at radius 2 is 1.42 bits per heavy atom. The Bertz CT molecular complexity index is 714. The molecule has 2 aromatic rings. The van der Waals surface area contributed by atoms with Crippen molar-refractivity contribution in [3.63, 3.8) is 0 Å². The molecule has 0 radical (unpaired) electrons. The molecule has 1 saturated carbocycles. The highest BCUT2D eigenvalue weighted by atomic mass is 15.1. The molecule has 1 saturated heterocycles. The standard InChI is InChI=1S/C24H30N2/c1-2-6-23-18-26(17-22(23)5-1)16-20-13-24(14-20)21-9-7-19(8-10-21)15-25-11-3-4-12-25/h1-2,5-10,20,24H,3-4,11-18H2. The average molecular weight is 347 g/mol. The minimum atomic E-state index is 0.797. The maximum atomic E-state index is 2.64. The quantitative estimate of drug-likeness (QED) is 0.768. The molecule has 2 aromatic carbocycles. The van der Waals surface area contributed by atoms with E-state index in [0.29, 0.717) is 0 Å². The molecule has 1 aliphatic carbocycles. The SMILES string of the molecule is c1ccc2c(c1)CN(CC1CC(c3ccc(CN4CCCC4)cc3)C1)C2. The van der Waals surface area contributed by atoms with Gasteiger partial charge < -0.3 is 0 Å². The molecule has 2 fully saturated rings. The number of likely N-dealkylation sites (tertiary alicyclic amines) is 1. The van der Waals surface area contributed by atoms with Gasteiger partial charge in [0, 0.05) is 26.2 Å². The zero-order valence-corrected chi connectivity index (χ0v) is 15.7. The third-order valence-electron chi connectivity index (χ3n) is 6.71. The second kappa shape index (κ2) is 7.17. The molecule has 136 valence electrons. The Balaban J connectivity index is 1.10. The Morgan fingerprint density at radius 1 is 0.769 bits per heavy atom. The van der Waals surface area contributed by atoms with Crippen molar-refractivity contribution in [2.75, 3.05) is 19.6 Å². The lowest BCUT2D eigenvalue weighted by Crippen LogP contribution is -2.32. The van der Waals surface area contributed by atoms with Gasteiger partial charge in [-0.1, -0.05) is 48.5 Å². The number of fused-ring (bicyclic) bond motifs is 1. The summed E-state index contributed by atoms with van der Waals surface area (Å²) in [4.78, 5) is 5.23. The van der Waals surface area contributed by atoms with E-state index in [4.69, 9.17) is 0 Å². The summed E-state index contributed by atoms with van der Waals surface area (Å²) in [6.07, 6.45) is 5.50. The van der Waals surface area contributed by atoms with Crippen LogP contribution in [0.25, 0.3) is 0 Å². The lowest BCUT2D eigenvalue weighted by atomic mass is 9.71. The summed E-state index contributed by atoms with van der Waals surface area (Å²) in [6.45, 7) is 7.30. The summed E-state index contributed by atoms with van der Waals surface area (Å²) in [6, 6.07) is 18.5. The first-order chi connectivity index (χ1) is 12.8. The second-order valence-electron chi connectivity index (χ2n) is 8.70. The molecular formula is C24H30N2. The molecule has 2 aliphatic heterocycles. The van der Waals surface area contributed by atoms with Crippen molar-refractivity contribution in [2.45, 2.75) is 51.2 Å². The van der Waals surface area contributed by atoms with Crippen LogP contribution in [0, 0.1) is 5.92 Å². The third-order valence-corrected chi connectivity index (χ3v) is 6.71. The lowest BCUT2D eigenvalue weighted by Gasteiger charge is -2.38. The van der Waals surface area contributed by atoms with Crippen LogP contribution >= 0.6 is 0 Å². The Hall–Kier alpha value is -1.64. The molecule has 0 atom stereocenters. The topological polar surface area (TPSA) is 6.48 Å². The number of benzene rings is 2. The molecule has 3 aliphatic rings. The van der Waals surface area contributed by atoms with Crippen LogP contribution in [0.5, 0.6) is 0 Å². The van der Waals surface area contributed by atoms with Gasteiger partial charge >= 0.3 is 0 Å². The molecule has 0 N–H and O–H groups in total. The maximum Gasteiger partial charge on any atom is 0.0240 e. The highest BCUT2D eigenvalue weighted by molar-refractivity contribution is 5.30. The first-order valence-electron chi connectivity index (χ1n) is 10.4. The molecule has 0 aromatic heterocycles. The van der Waals surface area contributed by atoms with Crippen molar-refractivity contribution in [3.05, 3.63) is 70.8 Å². The summed E-state index contributed by atoms with van der Waals surface area (Å²) in [7, 11) is 0. The fourth-order valence-electron chi connectivity index (χ4n) is 5.15. The van der Waals surface area contributed by atoms with Crippen molar-refractivity contribution in [2.24, 2.45) is 5.92 Å². The molecule has 0 spiro atoms. The van der Waals surface area contributed by atoms with E-state index in [2.05, 4.69) is 58.3 Å².